The molecule has 102 valence electrons. The Morgan fingerprint density at radius 3 is 2.21 bits per heavy atom. The van der Waals surface area contributed by atoms with Gasteiger partial charge >= 0.3 is 0 Å². The van der Waals surface area contributed by atoms with E-state index >= 15 is 0 Å². The van der Waals surface area contributed by atoms with Crippen LogP contribution in [0.2, 0.25) is 5.02 Å². The molecule has 0 aliphatic carbocycles. The Balaban J connectivity index is 2.54. The fourth-order valence-corrected chi connectivity index (χ4v) is 3.63. The SMILES string of the molecule is CNC(c1cc(Cl)c(Br)s1)c1c(F)cc(F)cc1F. The van der Waals surface area contributed by atoms with Gasteiger partial charge < -0.3 is 5.32 Å². The minimum atomic E-state index is -0.945. The van der Waals surface area contributed by atoms with Gasteiger partial charge in [0.05, 0.1) is 14.9 Å². The molecule has 0 saturated heterocycles. The second-order valence-electron chi connectivity index (χ2n) is 3.78. The third-order valence-electron chi connectivity index (χ3n) is 2.57. The Hall–Kier alpha value is -0.560. The van der Waals surface area contributed by atoms with Crippen LogP contribution in [0.5, 0.6) is 0 Å². The summed E-state index contributed by atoms with van der Waals surface area (Å²) in [5.74, 6) is -2.81. The normalized spacial score (nSPS) is 12.7. The van der Waals surface area contributed by atoms with Crippen molar-refractivity contribution in [3.05, 3.63) is 54.9 Å². The van der Waals surface area contributed by atoms with E-state index in [9.17, 15) is 13.2 Å². The highest BCUT2D eigenvalue weighted by atomic mass is 79.9. The highest BCUT2D eigenvalue weighted by Gasteiger charge is 2.24. The Morgan fingerprint density at radius 2 is 1.79 bits per heavy atom. The zero-order valence-corrected chi connectivity index (χ0v) is 12.8. The van der Waals surface area contributed by atoms with Crippen molar-refractivity contribution in [2.24, 2.45) is 0 Å². The first-order chi connectivity index (χ1) is 8.93. The molecule has 1 unspecified atom stereocenters. The van der Waals surface area contributed by atoms with Crippen molar-refractivity contribution in [2.75, 3.05) is 7.05 Å². The van der Waals surface area contributed by atoms with E-state index in [-0.39, 0.29) is 5.56 Å². The Labute approximate surface area is 125 Å². The molecule has 0 amide bonds. The minimum absolute atomic E-state index is 0.227. The lowest BCUT2D eigenvalue weighted by Crippen LogP contribution is -2.19. The number of thiophene rings is 1. The Morgan fingerprint density at radius 1 is 1.21 bits per heavy atom. The summed E-state index contributed by atoms with van der Waals surface area (Å²) >= 11 is 10.4. The lowest BCUT2D eigenvalue weighted by Gasteiger charge is -2.16. The van der Waals surface area contributed by atoms with Gasteiger partial charge in [-0.25, -0.2) is 13.2 Å². The molecule has 1 atom stereocenters. The molecule has 7 heteroatoms. The Bertz CT molecular complexity index is 575. The van der Waals surface area contributed by atoms with Gasteiger partial charge in [0.25, 0.3) is 0 Å². The first-order valence-corrected chi connectivity index (χ1v) is 7.19. The summed E-state index contributed by atoms with van der Waals surface area (Å²) in [5.41, 5.74) is -0.227. The predicted molar refractivity (Wildman–Crippen MR) is 74.2 cm³/mol. The molecule has 2 aromatic rings. The molecule has 0 aliphatic rings. The van der Waals surface area contributed by atoms with Gasteiger partial charge in [-0.3, -0.25) is 0 Å². The number of benzene rings is 1. The minimum Gasteiger partial charge on any atom is -0.308 e. The van der Waals surface area contributed by atoms with E-state index < -0.39 is 23.5 Å². The van der Waals surface area contributed by atoms with Crippen molar-refractivity contribution in [3.8, 4) is 0 Å². The lowest BCUT2D eigenvalue weighted by molar-refractivity contribution is 0.502. The summed E-state index contributed by atoms with van der Waals surface area (Å²) in [6.45, 7) is 0. The monoisotopic (exact) mass is 369 g/mol. The highest BCUT2D eigenvalue weighted by Crippen LogP contribution is 2.38. The lowest BCUT2D eigenvalue weighted by atomic mass is 10.0. The molecule has 2 rings (SSSR count). The first kappa shape index (κ1) is 14.8. The molecular formula is C12H8BrClF3NS. The second-order valence-corrected chi connectivity index (χ2v) is 6.58. The summed E-state index contributed by atoms with van der Waals surface area (Å²) in [6.07, 6.45) is 0. The zero-order chi connectivity index (χ0) is 14.2. The third kappa shape index (κ3) is 2.97. The summed E-state index contributed by atoms with van der Waals surface area (Å²) in [4.78, 5) is 0.629. The quantitative estimate of drug-likeness (QED) is 0.811. The van der Waals surface area contributed by atoms with Gasteiger partial charge in [0.2, 0.25) is 0 Å². The largest absolute Gasteiger partial charge is 0.308 e. The van der Waals surface area contributed by atoms with Crippen LogP contribution in [0.15, 0.2) is 22.0 Å². The number of rotatable bonds is 3. The van der Waals surface area contributed by atoms with E-state index in [0.29, 0.717) is 25.8 Å². The molecule has 0 spiro atoms. The molecule has 1 nitrogen and oxygen atoms in total. The number of nitrogens with one attached hydrogen (secondary N) is 1. The molecule has 19 heavy (non-hydrogen) atoms. The maximum atomic E-state index is 13.8. The van der Waals surface area contributed by atoms with Gasteiger partial charge in [-0.1, -0.05) is 11.6 Å². The third-order valence-corrected chi connectivity index (χ3v) is 5.11. The molecule has 1 heterocycles. The van der Waals surface area contributed by atoms with Gasteiger partial charge in [-0.15, -0.1) is 11.3 Å². The van der Waals surface area contributed by atoms with Crippen molar-refractivity contribution >= 4 is 38.9 Å². The van der Waals surface area contributed by atoms with E-state index in [2.05, 4.69) is 21.2 Å². The molecule has 0 bridgehead atoms. The summed E-state index contributed by atoms with van der Waals surface area (Å²) < 4.78 is 41.2. The average molecular weight is 371 g/mol. The molecule has 1 N–H and O–H groups in total. The first-order valence-electron chi connectivity index (χ1n) is 5.20. The maximum absolute atomic E-state index is 13.8. The average Bonchev–Trinajstić information content (AvgIpc) is 2.63. The molecule has 1 aromatic carbocycles. The van der Waals surface area contributed by atoms with Crippen LogP contribution < -0.4 is 5.32 Å². The number of halogens is 5. The number of hydrogen-bond acceptors (Lipinski definition) is 2. The molecule has 1 aromatic heterocycles. The predicted octanol–water partition coefficient (Wildman–Crippen LogP) is 4.89. The van der Waals surface area contributed by atoms with Crippen LogP contribution >= 0.6 is 38.9 Å². The van der Waals surface area contributed by atoms with Crippen molar-refractivity contribution in [3.63, 3.8) is 0 Å². The Kier molecular flexibility index (Phi) is 4.55. The fourth-order valence-electron chi connectivity index (χ4n) is 1.76. The fraction of sp³-hybridized carbons (Fsp3) is 0.167. The van der Waals surface area contributed by atoms with Crippen LogP contribution in [0.1, 0.15) is 16.5 Å². The molecular weight excluding hydrogens is 363 g/mol. The van der Waals surface area contributed by atoms with Gasteiger partial charge in [-0.2, -0.15) is 0 Å². The van der Waals surface area contributed by atoms with Crippen LogP contribution in [0.25, 0.3) is 0 Å². The van der Waals surface area contributed by atoms with E-state index in [4.69, 9.17) is 11.6 Å². The summed E-state index contributed by atoms with van der Waals surface area (Å²) in [7, 11) is 1.56. The van der Waals surface area contributed by atoms with Crippen LogP contribution in [0.3, 0.4) is 0 Å². The summed E-state index contributed by atoms with van der Waals surface area (Å²) in [5, 5.41) is 3.27. The highest BCUT2D eigenvalue weighted by molar-refractivity contribution is 9.11. The van der Waals surface area contributed by atoms with Gasteiger partial charge in [0, 0.05) is 22.6 Å². The van der Waals surface area contributed by atoms with Gasteiger partial charge in [0.1, 0.15) is 17.5 Å². The van der Waals surface area contributed by atoms with Crippen LogP contribution in [0.4, 0.5) is 13.2 Å². The molecule has 0 saturated carbocycles. The zero-order valence-electron chi connectivity index (χ0n) is 9.61. The van der Waals surface area contributed by atoms with E-state index in [1.54, 1.807) is 13.1 Å². The van der Waals surface area contributed by atoms with E-state index in [1.165, 1.54) is 11.3 Å². The van der Waals surface area contributed by atoms with Gasteiger partial charge in [0.15, 0.2) is 0 Å². The van der Waals surface area contributed by atoms with Crippen molar-refractivity contribution in [1.29, 1.82) is 0 Å². The number of hydrogen-bond donors (Lipinski definition) is 1. The standard InChI is InChI=1S/C12H8BrClF3NS/c1-18-11(9-4-6(14)12(13)19-9)10-7(16)2-5(15)3-8(10)17/h2-4,11,18H,1H3. The van der Waals surface area contributed by atoms with Gasteiger partial charge in [-0.05, 0) is 29.0 Å². The smallest absolute Gasteiger partial charge is 0.134 e. The van der Waals surface area contributed by atoms with Crippen molar-refractivity contribution < 1.29 is 13.2 Å². The second kappa shape index (κ2) is 5.83. The van der Waals surface area contributed by atoms with E-state index in [0.717, 1.165) is 0 Å². The molecule has 0 radical (unpaired) electrons. The topological polar surface area (TPSA) is 12.0 Å². The van der Waals surface area contributed by atoms with Crippen LogP contribution in [-0.2, 0) is 0 Å². The maximum Gasteiger partial charge on any atom is 0.134 e. The van der Waals surface area contributed by atoms with Crippen molar-refractivity contribution in [1.82, 2.24) is 5.32 Å². The van der Waals surface area contributed by atoms with Crippen LogP contribution in [0, 0.1) is 17.5 Å². The van der Waals surface area contributed by atoms with Crippen molar-refractivity contribution in [2.45, 2.75) is 6.04 Å². The van der Waals surface area contributed by atoms with E-state index in [1.807, 2.05) is 0 Å². The summed E-state index contributed by atoms with van der Waals surface area (Å²) in [6, 6.07) is 2.20. The molecule has 0 fully saturated rings. The van der Waals surface area contributed by atoms with Crippen LogP contribution in [-0.4, -0.2) is 7.05 Å². The molecule has 0 aliphatic heterocycles.